The van der Waals surface area contributed by atoms with Gasteiger partial charge in [0.25, 0.3) is 5.91 Å². The van der Waals surface area contributed by atoms with Crippen molar-refractivity contribution in [1.82, 2.24) is 10.6 Å². The average molecular weight is 401 g/mol. The third-order valence-electron chi connectivity index (χ3n) is 4.20. The monoisotopic (exact) mass is 400 g/mol. The minimum atomic E-state index is -0.195. The molecule has 2 aromatic rings. The third kappa shape index (κ3) is 5.04. The van der Waals surface area contributed by atoms with Crippen LogP contribution in [0.2, 0.25) is 5.02 Å². The van der Waals surface area contributed by atoms with Crippen molar-refractivity contribution >= 4 is 29.5 Å². The van der Waals surface area contributed by atoms with Gasteiger partial charge in [-0.05, 0) is 47.9 Å². The number of carbonyl (C=O) groups is 2. The molecule has 0 atom stereocenters. The number of ether oxygens (including phenoxy) is 2. The number of rotatable bonds is 6. The Labute approximate surface area is 168 Å². The Balaban J connectivity index is 1.50. The maximum Gasteiger partial charge on any atom is 0.251 e. The number of carbonyl (C=O) groups excluding carboxylic acids is 2. The molecule has 0 fully saturated rings. The Morgan fingerprint density at radius 1 is 1.14 bits per heavy atom. The molecule has 1 aliphatic rings. The highest BCUT2D eigenvalue weighted by atomic mass is 35.5. The Morgan fingerprint density at radius 2 is 1.89 bits per heavy atom. The van der Waals surface area contributed by atoms with Gasteiger partial charge >= 0.3 is 0 Å². The summed E-state index contributed by atoms with van der Waals surface area (Å²) in [6, 6.07) is 10.7. The van der Waals surface area contributed by atoms with Crippen molar-refractivity contribution in [2.45, 2.75) is 6.42 Å². The van der Waals surface area contributed by atoms with Gasteiger partial charge in [0.15, 0.2) is 11.5 Å². The van der Waals surface area contributed by atoms with Crippen molar-refractivity contribution in [1.29, 1.82) is 0 Å². The molecule has 2 aromatic carbocycles. The Hall–Kier alpha value is -2.99. The maximum atomic E-state index is 12.0. The van der Waals surface area contributed by atoms with Crippen LogP contribution in [0.3, 0.4) is 0 Å². The summed E-state index contributed by atoms with van der Waals surface area (Å²) < 4.78 is 11.1. The normalized spacial score (nSPS) is 12.6. The second-order valence-corrected chi connectivity index (χ2v) is 6.58. The second-order valence-electron chi connectivity index (χ2n) is 6.18. The van der Waals surface area contributed by atoms with E-state index in [1.165, 1.54) is 6.08 Å². The van der Waals surface area contributed by atoms with Gasteiger partial charge in [0.05, 0.1) is 5.02 Å². The fourth-order valence-corrected chi connectivity index (χ4v) is 3.05. The summed E-state index contributed by atoms with van der Waals surface area (Å²) in [5, 5.41) is 5.91. The van der Waals surface area contributed by atoms with Crippen LogP contribution in [-0.2, 0) is 11.2 Å². The molecule has 0 bridgehead atoms. The number of nitrogens with one attached hydrogen (secondary N) is 2. The Bertz CT molecular complexity index is 894. The Kier molecular flexibility index (Phi) is 6.55. The lowest BCUT2D eigenvalue weighted by Gasteiger charge is -2.20. The Morgan fingerprint density at radius 3 is 2.64 bits per heavy atom. The fraction of sp³-hybridized carbons (Fsp3) is 0.238. The summed E-state index contributed by atoms with van der Waals surface area (Å²) in [6.07, 6.45) is 3.78. The van der Waals surface area contributed by atoms with Gasteiger partial charge in [-0.15, -0.1) is 0 Å². The van der Waals surface area contributed by atoms with Crippen molar-refractivity contribution in [3.63, 3.8) is 0 Å². The zero-order valence-electron chi connectivity index (χ0n) is 15.5. The second kappa shape index (κ2) is 9.28. The first-order valence-corrected chi connectivity index (χ1v) is 9.30. The highest BCUT2D eigenvalue weighted by Gasteiger charge is 2.16. The minimum absolute atomic E-state index is 0.146. The van der Waals surface area contributed by atoms with Gasteiger partial charge in [-0.2, -0.15) is 0 Å². The number of hydrogen-bond acceptors (Lipinski definition) is 4. The average Bonchev–Trinajstić information content (AvgIpc) is 2.72. The summed E-state index contributed by atoms with van der Waals surface area (Å²) in [7, 11) is 1.58. The van der Waals surface area contributed by atoms with Gasteiger partial charge in [-0.3, -0.25) is 9.59 Å². The fourth-order valence-electron chi connectivity index (χ4n) is 2.76. The topological polar surface area (TPSA) is 76.7 Å². The molecule has 1 aliphatic heterocycles. The molecule has 0 saturated heterocycles. The SMILES string of the molecule is CNC(=O)c1ccc(/C=C/C(=O)NCCc2cc(Cl)c3c(c2)OCCO3)cc1. The molecule has 0 aliphatic carbocycles. The lowest BCUT2D eigenvalue weighted by atomic mass is 10.1. The van der Waals surface area contributed by atoms with Crippen LogP contribution in [0.4, 0.5) is 0 Å². The molecule has 0 aromatic heterocycles. The van der Waals surface area contributed by atoms with Crippen molar-refractivity contribution in [2.75, 3.05) is 26.8 Å². The van der Waals surface area contributed by atoms with Crippen LogP contribution in [0.15, 0.2) is 42.5 Å². The third-order valence-corrected chi connectivity index (χ3v) is 4.48. The largest absolute Gasteiger partial charge is 0.486 e. The van der Waals surface area contributed by atoms with E-state index in [9.17, 15) is 9.59 Å². The predicted octanol–water partition coefficient (Wildman–Crippen LogP) is 2.84. The quantitative estimate of drug-likeness (QED) is 0.731. The van der Waals surface area contributed by atoms with Crippen molar-refractivity contribution in [2.24, 2.45) is 0 Å². The molecule has 6 nitrogen and oxygen atoms in total. The summed E-state index contributed by atoms with van der Waals surface area (Å²) >= 11 is 6.22. The van der Waals surface area contributed by atoms with E-state index in [0.717, 1.165) is 11.1 Å². The van der Waals surface area contributed by atoms with Crippen molar-refractivity contribution in [3.8, 4) is 11.5 Å². The highest BCUT2D eigenvalue weighted by molar-refractivity contribution is 6.32. The van der Waals surface area contributed by atoms with Crippen LogP contribution in [0, 0.1) is 0 Å². The molecule has 28 heavy (non-hydrogen) atoms. The summed E-state index contributed by atoms with van der Waals surface area (Å²) in [5.41, 5.74) is 2.37. The van der Waals surface area contributed by atoms with E-state index >= 15 is 0 Å². The van der Waals surface area contributed by atoms with Crippen LogP contribution in [0.5, 0.6) is 11.5 Å². The van der Waals surface area contributed by atoms with Gasteiger partial charge in [0.1, 0.15) is 13.2 Å². The summed E-state index contributed by atoms with van der Waals surface area (Å²) in [6.45, 7) is 1.45. The molecule has 0 saturated carbocycles. The number of benzene rings is 2. The zero-order valence-corrected chi connectivity index (χ0v) is 16.2. The smallest absolute Gasteiger partial charge is 0.251 e. The first-order chi connectivity index (χ1) is 13.6. The summed E-state index contributed by atoms with van der Waals surface area (Å²) in [4.78, 5) is 23.5. The van der Waals surface area contributed by atoms with Gasteiger partial charge in [-0.25, -0.2) is 0 Å². The lowest BCUT2D eigenvalue weighted by molar-refractivity contribution is -0.116. The molecule has 2 N–H and O–H groups in total. The van der Waals surface area contributed by atoms with Gasteiger partial charge in [0.2, 0.25) is 5.91 Å². The van der Waals surface area contributed by atoms with Crippen LogP contribution in [0.25, 0.3) is 6.08 Å². The molecule has 7 heteroatoms. The van der Waals surface area contributed by atoms with E-state index in [2.05, 4.69) is 10.6 Å². The van der Waals surface area contributed by atoms with Crippen LogP contribution in [-0.4, -0.2) is 38.6 Å². The predicted molar refractivity (Wildman–Crippen MR) is 108 cm³/mol. The standard InChI is InChI=1S/C21H21ClN2O4/c1-23-21(26)16-5-2-14(3-6-16)4-7-19(25)24-9-8-15-12-17(22)20-18(13-15)27-10-11-28-20/h2-7,12-13H,8-11H2,1H3,(H,23,26)(H,24,25)/b7-4+. The van der Waals surface area contributed by atoms with E-state index in [-0.39, 0.29) is 11.8 Å². The van der Waals surface area contributed by atoms with E-state index in [0.29, 0.717) is 48.3 Å². The zero-order chi connectivity index (χ0) is 19.9. The van der Waals surface area contributed by atoms with Gasteiger partial charge in [-0.1, -0.05) is 23.7 Å². The molecular formula is C21H21ClN2O4. The van der Waals surface area contributed by atoms with E-state index in [1.54, 1.807) is 37.4 Å². The van der Waals surface area contributed by atoms with Crippen molar-refractivity contribution in [3.05, 3.63) is 64.2 Å². The van der Waals surface area contributed by atoms with E-state index < -0.39 is 0 Å². The molecule has 0 unspecified atom stereocenters. The summed E-state index contributed by atoms with van der Waals surface area (Å²) in [5.74, 6) is 0.873. The number of hydrogen-bond donors (Lipinski definition) is 2. The lowest BCUT2D eigenvalue weighted by Crippen LogP contribution is -2.23. The number of halogens is 1. The van der Waals surface area contributed by atoms with E-state index in [4.69, 9.17) is 21.1 Å². The van der Waals surface area contributed by atoms with Crippen LogP contribution < -0.4 is 20.1 Å². The van der Waals surface area contributed by atoms with Crippen molar-refractivity contribution < 1.29 is 19.1 Å². The number of amides is 2. The van der Waals surface area contributed by atoms with Crippen LogP contribution in [0.1, 0.15) is 21.5 Å². The first kappa shape index (κ1) is 19.8. The van der Waals surface area contributed by atoms with E-state index in [1.807, 2.05) is 12.1 Å². The molecule has 0 spiro atoms. The number of fused-ring (bicyclic) bond motifs is 1. The van der Waals surface area contributed by atoms with Crippen LogP contribution >= 0.6 is 11.6 Å². The first-order valence-electron chi connectivity index (χ1n) is 8.93. The molecular weight excluding hydrogens is 380 g/mol. The molecule has 2 amide bonds. The van der Waals surface area contributed by atoms with Gasteiger partial charge < -0.3 is 20.1 Å². The minimum Gasteiger partial charge on any atom is -0.486 e. The molecule has 3 rings (SSSR count). The molecule has 0 radical (unpaired) electrons. The molecule has 1 heterocycles. The molecule has 146 valence electrons. The van der Waals surface area contributed by atoms with Gasteiger partial charge in [0, 0.05) is 25.2 Å². The highest BCUT2D eigenvalue weighted by Crippen LogP contribution is 2.38. The maximum absolute atomic E-state index is 12.0.